The van der Waals surface area contributed by atoms with Gasteiger partial charge in [0.25, 0.3) is 5.91 Å². The third-order valence-corrected chi connectivity index (χ3v) is 9.54. The van der Waals surface area contributed by atoms with E-state index in [0.717, 1.165) is 36.8 Å². The maximum absolute atomic E-state index is 14.1. The molecule has 5 amide bonds. The summed E-state index contributed by atoms with van der Waals surface area (Å²) in [5.74, 6) is -2.14. The van der Waals surface area contributed by atoms with Crippen LogP contribution in [0.5, 0.6) is 11.5 Å². The fourth-order valence-corrected chi connectivity index (χ4v) is 6.60. The van der Waals surface area contributed by atoms with E-state index in [2.05, 4.69) is 28.2 Å². The van der Waals surface area contributed by atoms with Crippen molar-refractivity contribution in [2.24, 2.45) is 11.5 Å². The Balaban J connectivity index is 1.71. The number of nitrogens with one attached hydrogen (secondary N) is 4. The Morgan fingerprint density at radius 3 is 2.30 bits per heavy atom. The first-order valence-corrected chi connectivity index (χ1v) is 19.3. The summed E-state index contributed by atoms with van der Waals surface area (Å²) in [6.45, 7) is 3.59. The first kappa shape index (κ1) is 43.7. The summed E-state index contributed by atoms with van der Waals surface area (Å²) < 4.78 is 12.1. The summed E-state index contributed by atoms with van der Waals surface area (Å²) in [4.78, 5) is 68.7. The fourth-order valence-electron chi connectivity index (χ4n) is 6.60. The highest BCUT2D eigenvalue weighted by Crippen LogP contribution is 2.40. The van der Waals surface area contributed by atoms with E-state index in [1.807, 2.05) is 25.1 Å². The molecule has 0 aliphatic carbocycles. The smallest absolute Gasteiger partial charge is 0.251 e. The number of benzene rings is 3. The molecule has 8 N–H and O–H groups in total. The Kier molecular flexibility index (Phi) is 16.8. The Morgan fingerprint density at radius 2 is 1.63 bits per heavy atom. The van der Waals surface area contributed by atoms with E-state index in [0.29, 0.717) is 39.3 Å². The van der Waals surface area contributed by atoms with Gasteiger partial charge in [-0.1, -0.05) is 50.5 Å². The van der Waals surface area contributed by atoms with Gasteiger partial charge in [-0.25, -0.2) is 0 Å². The summed E-state index contributed by atoms with van der Waals surface area (Å²) in [7, 11) is 1.44. The molecule has 57 heavy (non-hydrogen) atoms. The summed E-state index contributed by atoms with van der Waals surface area (Å²) in [5, 5.41) is 19.5. The number of nitriles is 1. The molecule has 0 radical (unpaired) electrons. The van der Waals surface area contributed by atoms with Crippen LogP contribution < -0.4 is 42.2 Å². The van der Waals surface area contributed by atoms with E-state index in [9.17, 15) is 24.0 Å². The molecular formula is C42H54N8O7. The number of nitrogens with zero attached hydrogens (tertiary/aromatic N) is 2. The van der Waals surface area contributed by atoms with E-state index in [1.165, 1.54) is 18.4 Å². The zero-order chi connectivity index (χ0) is 41.3. The predicted octanol–water partition coefficient (Wildman–Crippen LogP) is 2.19. The highest BCUT2D eigenvalue weighted by Gasteiger charge is 2.32. The molecule has 2 unspecified atom stereocenters. The maximum atomic E-state index is 14.1. The lowest BCUT2D eigenvalue weighted by atomic mass is 9.93. The monoisotopic (exact) mass is 782 g/mol. The van der Waals surface area contributed by atoms with Crippen molar-refractivity contribution < 1.29 is 33.4 Å². The highest BCUT2D eigenvalue weighted by molar-refractivity contribution is 5.99. The van der Waals surface area contributed by atoms with Gasteiger partial charge in [-0.15, -0.1) is 0 Å². The van der Waals surface area contributed by atoms with Crippen molar-refractivity contribution in [3.05, 3.63) is 82.4 Å². The summed E-state index contributed by atoms with van der Waals surface area (Å²) in [6.07, 6.45) is 5.51. The van der Waals surface area contributed by atoms with Crippen molar-refractivity contribution in [3.63, 3.8) is 0 Å². The molecule has 15 nitrogen and oxygen atoms in total. The largest absolute Gasteiger partial charge is 0.492 e. The molecule has 0 saturated carbocycles. The van der Waals surface area contributed by atoms with Crippen LogP contribution in [0.3, 0.4) is 0 Å². The van der Waals surface area contributed by atoms with Gasteiger partial charge in [-0.05, 0) is 72.4 Å². The van der Waals surface area contributed by atoms with Gasteiger partial charge in [0.15, 0.2) is 0 Å². The number of rotatable bonds is 17. The zero-order valence-corrected chi connectivity index (χ0v) is 33.0. The number of amides is 5. The van der Waals surface area contributed by atoms with Crippen LogP contribution in [0.15, 0.2) is 54.6 Å². The van der Waals surface area contributed by atoms with Crippen LogP contribution in [0.1, 0.15) is 71.3 Å². The number of carbonyl (C=O) groups excluding carboxylic acids is 5. The second-order valence-electron chi connectivity index (χ2n) is 13.8. The van der Waals surface area contributed by atoms with Crippen molar-refractivity contribution in [2.45, 2.75) is 64.5 Å². The lowest BCUT2D eigenvalue weighted by molar-refractivity contribution is -0.139. The molecular weight excluding hydrogens is 729 g/mol. The van der Waals surface area contributed by atoms with Crippen molar-refractivity contribution >= 4 is 29.5 Å². The predicted molar refractivity (Wildman–Crippen MR) is 215 cm³/mol. The van der Waals surface area contributed by atoms with Crippen LogP contribution in [-0.4, -0.2) is 93.5 Å². The fraction of sp³-hybridized carbons (Fsp3) is 0.429. The molecule has 4 rings (SSSR count). The molecule has 15 heteroatoms. The summed E-state index contributed by atoms with van der Waals surface area (Å²) in [5.41, 5.74) is 16.0. The van der Waals surface area contributed by atoms with E-state index < -0.39 is 54.7 Å². The van der Waals surface area contributed by atoms with E-state index >= 15 is 0 Å². The van der Waals surface area contributed by atoms with E-state index in [1.54, 1.807) is 42.5 Å². The summed E-state index contributed by atoms with van der Waals surface area (Å²) >= 11 is 0. The molecule has 3 aromatic rings. The number of likely N-dealkylation sites (N-methyl/N-ethyl adjacent to an activating group) is 1. The number of hydrogen-bond acceptors (Lipinski definition) is 10. The summed E-state index contributed by atoms with van der Waals surface area (Å²) in [6, 6.07) is 15.4. The normalized spacial score (nSPS) is 15.2. The number of hydrogen-bond donors (Lipinski definition) is 6. The van der Waals surface area contributed by atoms with Crippen molar-refractivity contribution in [1.29, 1.82) is 5.26 Å². The molecule has 304 valence electrons. The van der Waals surface area contributed by atoms with Gasteiger partial charge in [0.05, 0.1) is 19.2 Å². The van der Waals surface area contributed by atoms with Gasteiger partial charge in [0.2, 0.25) is 23.6 Å². The van der Waals surface area contributed by atoms with Gasteiger partial charge < -0.3 is 47.1 Å². The molecule has 0 fully saturated rings. The molecule has 1 aliphatic heterocycles. The average molecular weight is 783 g/mol. The van der Waals surface area contributed by atoms with Gasteiger partial charge >= 0.3 is 0 Å². The zero-order valence-electron chi connectivity index (χ0n) is 33.0. The van der Waals surface area contributed by atoms with Crippen LogP contribution in [0, 0.1) is 18.3 Å². The van der Waals surface area contributed by atoms with Crippen LogP contribution >= 0.6 is 0 Å². The average Bonchev–Trinajstić information content (AvgIpc) is 3.21. The number of aryl methyl sites for hydroxylation is 2. The van der Waals surface area contributed by atoms with Crippen molar-refractivity contribution in [3.8, 4) is 28.7 Å². The van der Waals surface area contributed by atoms with Gasteiger partial charge in [-0.3, -0.25) is 24.0 Å². The van der Waals surface area contributed by atoms with Gasteiger partial charge in [-0.2, -0.15) is 5.26 Å². The molecule has 0 spiro atoms. The van der Waals surface area contributed by atoms with E-state index in [4.69, 9.17) is 26.2 Å². The third-order valence-electron chi connectivity index (χ3n) is 9.54. The quantitative estimate of drug-likeness (QED) is 0.0864. The first-order valence-electron chi connectivity index (χ1n) is 19.3. The second kappa shape index (κ2) is 21.9. The molecule has 1 heterocycles. The minimum Gasteiger partial charge on any atom is -0.492 e. The van der Waals surface area contributed by atoms with Crippen molar-refractivity contribution in [2.75, 3.05) is 53.0 Å². The minimum absolute atomic E-state index is 0.0358. The molecule has 0 aromatic heterocycles. The SMILES string of the molecule is CCCCCCc1ccc(C(=O)NCC(=O)N(C)C2C(=O)NCC(=O)NC(C(=O)NCC#N)Cc3ccc(OCCN)c(c3)-c3cc2ccc3OCCN)c(C)c1. The Morgan fingerprint density at radius 1 is 0.930 bits per heavy atom. The van der Waals surface area contributed by atoms with Gasteiger partial charge in [0, 0.05) is 43.2 Å². The van der Waals surface area contributed by atoms with Gasteiger partial charge in [0.1, 0.15) is 43.3 Å². The molecule has 0 saturated heterocycles. The van der Waals surface area contributed by atoms with Crippen LogP contribution in [0.2, 0.25) is 0 Å². The van der Waals surface area contributed by atoms with Crippen LogP contribution in [-0.2, 0) is 32.0 Å². The Hall–Kier alpha value is -5.98. The second-order valence-corrected chi connectivity index (χ2v) is 13.8. The maximum Gasteiger partial charge on any atom is 0.251 e. The number of ether oxygens (including phenoxy) is 2. The number of nitrogens with two attached hydrogens (primary N) is 2. The number of unbranched alkanes of at least 4 members (excludes halogenated alkanes) is 3. The van der Waals surface area contributed by atoms with E-state index in [-0.39, 0.29) is 39.3 Å². The Bertz CT molecular complexity index is 1950. The lowest BCUT2D eigenvalue weighted by Crippen LogP contribution is -2.52. The third kappa shape index (κ3) is 12.3. The molecule has 4 bridgehead atoms. The topological polar surface area (TPSA) is 231 Å². The highest BCUT2D eigenvalue weighted by atomic mass is 16.5. The van der Waals surface area contributed by atoms with Crippen LogP contribution in [0.25, 0.3) is 11.1 Å². The molecule has 2 atom stereocenters. The Labute approximate surface area is 333 Å². The number of fused-ring (bicyclic) bond motifs is 5. The van der Waals surface area contributed by atoms with Crippen LogP contribution in [0.4, 0.5) is 0 Å². The minimum atomic E-state index is -1.28. The number of carbonyl (C=O) groups is 5. The standard InChI is InChI=1S/C42H54N8O7/c1-4-5-6-7-8-28-9-12-31(27(2)21-28)40(53)48-26-38(52)50(3)39-30-11-14-36(57-20-17-45)33(24-30)32-22-29(10-13-35(32)56-19-16-44)23-34(41(54)46-18-15-43)49-37(51)25-47-42(39)55/h9-14,21-22,24,34,39H,4-8,16-20,23,25-26,44-45H2,1-3H3,(H,46,54)(H,47,55)(H,48,53)(H,49,51). The molecule has 3 aromatic carbocycles. The van der Waals surface area contributed by atoms with Crippen molar-refractivity contribution in [1.82, 2.24) is 26.2 Å². The lowest BCUT2D eigenvalue weighted by Gasteiger charge is -2.29. The first-order chi connectivity index (χ1) is 27.5. The molecule has 1 aliphatic rings.